The Morgan fingerprint density at radius 2 is 1.70 bits per heavy atom. The highest BCUT2D eigenvalue weighted by Gasteiger charge is 1.99. The van der Waals surface area contributed by atoms with Gasteiger partial charge in [0.05, 0.1) is 0 Å². The molecule has 0 radical (unpaired) electrons. The molecule has 0 aromatic heterocycles. The smallest absolute Gasteiger partial charge is 0.0446 e. The zero-order chi connectivity index (χ0) is 7.98. The second kappa shape index (κ2) is 6.05. The molecule has 0 unspecified atom stereocenters. The SMILES string of the molecule is CCN(CC)CSC(C)C. The topological polar surface area (TPSA) is 3.24 Å². The summed E-state index contributed by atoms with van der Waals surface area (Å²) < 4.78 is 0. The molecule has 0 aliphatic heterocycles. The summed E-state index contributed by atoms with van der Waals surface area (Å²) in [6.07, 6.45) is 0. The van der Waals surface area contributed by atoms with E-state index in [0.29, 0.717) is 0 Å². The van der Waals surface area contributed by atoms with Crippen LogP contribution in [-0.2, 0) is 0 Å². The average molecular weight is 161 g/mol. The van der Waals surface area contributed by atoms with Crippen LogP contribution in [0.3, 0.4) is 0 Å². The lowest BCUT2D eigenvalue weighted by atomic mass is 10.6. The maximum Gasteiger partial charge on any atom is 0.0446 e. The van der Waals surface area contributed by atoms with Crippen molar-refractivity contribution in [3.05, 3.63) is 0 Å². The van der Waals surface area contributed by atoms with E-state index in [1.54, 1.807) is 0 Å². The summed E-state index contributed by atoms with van der Waals surface area (Å²) in [6.45, 7) is 11.3. The Balaban J connectivity index is 3.26. The normalized spacial score (nSPS) is 11.4. The third-order valence-electron chi connectivity index (χ3n) is 1.48. The van der Waals surface area contributed by atoms with Crippen LogP contribution in [0.2, 0.25) is 0 Å². The Kier molecular flexibility index (Phi) is 6.24. The van der Waals surface area contributed by atoms with E-state index in [1.165, 1.54) is 19.0 Å². The molecule has 0 bridgehead atoms. The standard InChI is InChI=1S/C8H19NS/c1-5-9(6-2)7-10-8(3)4/h8H,5-7H2,1-4H3. The van der Waals surface area contributed by atoms with Gasteiger partial charge in [-0.2, -0.15) is 0 Å². The third-order valence-corrected chi connectivity index (χ3v) is 2.67. The van der Waals surface area contributed by atoms with Crippen LogP contribution in [0.15, 0.2) is 0 Å². The van der Waals surface area contributed by atoms with Gasteiger partial charge in [-0.3, -0.25) is 4.90 Å². The molecule has 0 spiro atoms. The van der Waals surface area contributed by atoms with Gasteiger partial charge in [0.1, 0.15) is 0 Å². The summed E-state index contributed by atoms with van der Waals surface area (Å²) in [5.74, 6) is 1.19. The molecule has 0 rings (SSSR count). The van der Waals surface area contributed by atoms with Crippen LogP contribution in [0, 0.1) is 0 Å². The summed E-state index contributed by atoms with van der Waals surface area (Å²) >= 11 is 2.01. The molecule has 62 valence electrons. The predicted octanol–water partition coefficient (Wildman–Crippen LogP) is 2.43. The Hall–Kier alpha value is 0.310. The van der Waals surface area contributed by atoms with Gasteiger partial charge in [0.2, 0.25) is 0 Å². The molecule has 0 atom stereocenters. The van der Waals surface area contributed by atoms with Gasteiger partial charge in [-0.25, -0.2) is 0 Å². The second-order valence-electron chi connectivity index (χ2n) is 2.65. The lowest BCUT2D eigenvalue weighted by Crippen LogP contribution is -2.22. The van der Waals surface area contributed by atoms with Gasteiger partial charge < -0.3 is 0 Å². The van der Waals surface area contributed by atoms with E-state index in [4.69, 9.17) is 0 Å². The van der Waals surface area contributed by atoms with Crippen LogP contribution < -0.4 is 0 Å². The molecule has 0 heterocycles. The van der Waals surface area contributed by atoms with Gasteiger partial charge >= 0.3 is 0 Å². The summed E-state index contributed by atoms with van der Waals surface area (Å²) in [4.78, 5) is 2.44. The van der Waals surface area contributed by atoms with Crippen molar-refractivity contribution in [2.45, 2.75) is 32.9 Å². The highest BCUT2D eigenvalue weighted by Crippen LogP contribution is 2.10. The van der Waals surface area contributed by atoms with Crippen molar-refractivity contribution in [2.75, 3.05) is 19.0 Å². The van der Waals surface area contributed by atoms with Crippen molar-refractivity contribution in [3.63, 3.8) is 0 Å². The van der Waals surface area contributed by atoms with Gasteiger partial charge in [0, 0.05) is 11.1 Å². The van der Waals surface area contributed by atoms with Crippen LogP contribution in [0.5, 0.6) is 0 Å². The first-order chi connectivity index (χ1) is 4.70. The monoisotopic (exact) mass is 161 g/mol. The van der Waals surface area contributed by atoms with Crippen LogP contribution in [-0.4, -0.2) is 29.1 Å². The molecule has 0 aromatic carbocycles. The molecule has 0 aliphatic rings. The minimum atomic E-state index is 0.764. The molecule has 10 heavy (non-hydrogen) atoms. The molecule has 0 aromatic rings. The Labute approximate surface area is 69.2 Å². The summed E-state index contributed by atoms with van der Waals surface area (Å²) in [5, 5.41) is 0.764. The van der Waals surface area contributed by atoms with E-state index in [2.05, 4.69) is 32.6 Å². The molecule has 0 amide bonds. The highest BCUT2D eigenvalue weighted by atomic mass is 32.2. The van der Waals surface area contributed by atoms with Crippen LogP contribution in [0.1, 0.15) is 27.7 Å². The number of thioether (sulfide) groups is 1. The predicted molar refractivity (Wildman–Crippen MR) is 50.5 cm³/mol. The van der Waals surface area contributed by atoms with Crippen molar-refractivity contribution in [1.29, 1.82) is 0 Å². The third kappa shape index (κ3) is 5.12. The second-order valence-corrected chi connectivity index (χ2v) is 4.18. The molecule has 0 N–H and O–H groups in total. The first kappa shape index (κ1) is 10.3. The maximum absolute atomic E-state index is 2.44. The molecule has 0 saturated heterocycles. The van der Waals surface area contributed by atoms with Crippen molar-refractivity contribution in [2.24, 2.45) is 0 Å². The molecule has 0 aliphatic carbocycles. The molecule has 0 saturated carbocycles. The van der Waals surface area contributed by atoms with Gasteiger partial charge in [0.25, 0.3) is 0 Å². The van der Waals surface area contributed by atoms with E-state index >= 15 is 0 Å². The van der Waals surface area contributed by atoms with E-state index < -0.39 is 0 Å². The Bertz CT molecular complexity index is 69.7. The van der Waals surface area contributed by atoms with Crippen LogP contribution in [0.25, 0.3) is 0 Å². The van der Waals surface area contributed by atoms with Crippen molar-refractivity contribution < 1.29 is 0 Å². The molecule has 1 nitrogen and oxygen atoms in total. The van der Waals surface area contributed by atoms with Gasteiger partial charge in [-0.05, 0) is 13.1 Å². The number of rotatable bonds is 5. The lowest BCUT2D eigenvalue weighted by Gasteiger charge is -2.18. The summed E-state index contributed by atoms with van der Waals surface area (Å²) in [6, 6.07) is 0. The number of hydrogen-bond donors (Lipinski definition) is 0. The minimum absolute atomic E-state index is 0.764. The highest BCUT2D eigenvalue weighted by molar-refractivity contribution is 7.99. The molecular weight excluding hydrogens is 142 g/mol. The van der Waals surface area contributed by atoms with E-state index in [9.17, 15) is 0 Å². The zero-order valence-electron chi connectivity index (χ0n) is 7.55. The quantitative estimate of drug-likeness (QED) is 0.570. The summed E-state index contributed by atoms with van der Waals surface area (Å²) in [7, 11) is 0. The Morgan fingerprint density at radius 1 is 1.20 bits per heavy atom. The van der Waals surface area contributed by atoms with Crippen molar-refractivity contribution >= 4 is 11.8 Å². The fraction of sp³-hybridized carbons (Fsp3) is 1.00. The van der Waals surface area contributed by atoms with Gasteiger partial charge in [-0.1, -0.05) is 27.7 Å². The number of nitrogens with zero attached hydrogens (tertiary/aromatic N) is 1. The van der Waals surface area contributed by atoms with Gasteiger partial charge in [-0.15, -0.1) is 11.8 Å². The van der Waals surface area contributed by atoms with Crippen LogP contribution >= 0.6 is 11.8 Å². The number of hydrogen-bond acceptors (Lipinski definition) is 2. The van der Waals surface area contributed by atoms with Crippen LogP contribution in [0.4, 0.5) is 0 Å². The first-order valence-corrected chi connectivity index (χ1v) is 5.09. The maximum atomic E-state index is 2.44. The van der Waals surface area contributed by atoms with Crippen molar-refractivity contribution in [1.82, 2.24) is 4.90 Å². The molecular formula is C8H19NS. The minimum Gasteiger partial charge on any atom is -0.295 e. The molecule has 2 heteroatoms. The first-order valence-electron chi connectivity index (χ1n) is 4.04. The van der Waals surface area contributed by atoms with Crippen molar-refractivity contribution in [3.8, 4) is 0 Å². The fourth-order valence-electron chi connectivity index (χ4n) is 0.661. The van der Waals surface area contributed by atoms with Gasteiger partial charge in [0.15, 0.2) is 0 Å². The summed E-state index contributed by atoms with van der Waals surface area (Å²) in [5.41, 5.74) is 0. The average Bonchev–Trinajstić information content (AvgIpc) is 1.90. The zero-order valence-corrected chi connectivity index (χ0v) is 8.37. The van der Waals surface area contributed by atoms with E-state index in [-0.39, 0.29) is 0 Å². The van der Waals surface area contributed by atoms with E-state index in [1.807, 2.05) is 11.8 Å². The van der Waals surface area contributed by atoms with E-state index in [0.717, 1.165) is 5.25 Å². The largest absolute Gasteiger partial charge is 0.295 e. The lowest BCUT2D eigenvalue weighted by molar-refractivity contribution is 0.358. The Morgan fingerprint density at radius 3 is 2.00 bits per heavy atom. The molecule has 0 fully saturated rings. The fourth-order valence-corrected chi connectivity index (χ4v) is 1.53.